The predicted molar refractivity (Wildman–Crippen MR) is 125 cm³/mol. The van der Waals surface area contributed by atoms with Gasteiger partial charge in [0.2, 0.25) is 0 Å². The van der Waals surface area contributed by atoms with Gasteiger partial charge in [-0.3, -0.25) is 4.79 Å². The first-order chi connectivity index (χ1) is 16.2. The number of carboxylic acids is 1. The summed E-state index contributed by atoms with van der Waals surface area (Å²) in [5, 5.41) is 10.0. The van der Waals surface area contributed by atoms with Crippen molar-refractivity contribution in [3.8, 4) is 10.7 Å². The van der Waals surface area contributed by atoms with E-state index in [1.807, 2.05) is 0 Å². The molecule has 2 fully saturated rings. The van der Waals surface area contributed by atoms with Crippen molar-refractivity contribution in [3.63, 3.8) is 0 Å². The van der Waals surface area contributed by atoms with Crippen LogP contribution in [0.25, 0.3) is 21.7 Å². The molecule has 1 aliphatic heterocycles. The van der Waals surface area contributed by atoms with Crippen molar-refractivity contribution in [2.45, 2.75) is 57.5 Å². The predicted octanol–water partition coefficient (Wildman–Crippen LogP) is 6.35. The molecule has 2 aliphatic rings. The summed E-state index contributed by atoms with van der Waals surface area (Å²) in [6, 6.07) is 3.52. The Morgan fingerprint density at radius 3 is 2.74 bits per heavy atom. The second-order valence-electron chi connectivity index (χ2n) is 9.70. The van der Waals surface area contributed by atoms with E-state index in [-0.39, 0.29) is 6.42 Å². The number of carboxylic acid groups (broad SMARTS) is 1. The molecule has 1 aliphatic carbocycles. The summed E-state index contributed by atoms with van der Waals surface area (Å²) in [6.07, 6.45) is 5.14. The number of aromatic amines is 1. The minimum Gasteiger partial charge on any atom is -0.481 e. The standard InChI is InChI=1S/C24H27F3N4O2S/c25-24(26,27)16-3-4-17-18(13-16)30-21(29-17)19-14-28-22(34-19)31-10-8-23(9-11-31)6-1-2-15(5-7-23)12-20(32)33/h3-4,13-15H,1-2,5-12H2,(H,29,30)(H,32,33). The van der Waals surface area contributed by atoms with Gasteiger partial charge in [0.25, 0.3) is 0 Å². The van der Waals surface area contributed by atoms with E-state index in [4.69, 9.17) is 5.11 Å². The fraction of sp³-hybridized carbons (Fsp3) is 0.542. The van der Waals surface area contributed by atoms with E-state index in [2.05, 4.69) is 19.9 Å². The molecule has 1 saturated carbocycles. The van der Waals surface area contributed by atoms with Gasteiger partial charge in [-0.15, -0.1) is 0 Å². The lowest BCUT2D eigenvalue weighted by Gasteiger charge is -2.41. The molecule has 182 valence electrons. The van der Waals surface area contributed by atoms with Crippen LogP contribution in [0.15, 0.2) is 24.4 Å². The second kappa shape index (κ2) is 8.87. The number of nitrogens with one attached hydrogen (secondary N) is 1. The van der Waals surface area contributed by atoms with Crippen molar-refractivity contribution in [1.82, 2.24) is 15.0 Å². The number of piperidine rings is 1. The van der Waals surface area contributed by atoms with E-state index in [0.29, 0.717) is 28.2 Å². The normalized spacial score (nSPS) is 21.1. The first-order valence-corrected chi connectivity index (χ1v) is 12.5. The fourth-order valence-corrected chi connectivity index (χ4v) is 6.40. The molecule has 1 aromatic carbocycles. The molecule has 2 N–H and O–H groups in total. The highest BCUT2D eigenvalue weighted by molar-refractivity contribution is 7.18. The van der Waals surface area contributed by atoms with Gasteiger partial charge in [-0.25, -0.2) is 9.97 Å². The molecule has 5 rings (SSSR count). The zero-order chi connectivity index (χ0) is 23.9. The van der Waals surface area contributed by atoms with Gasteiger partial charge in [-0.1, -0.05) is 17.8 Å². The number of benzene rings is 1. The maximum atomic E-state index is 13.0. The zero-order valence-electron chi connectivity index (χ0n) is 18.7. The molecular weight excluding hydrogens is 465 g/mol. The van der Waals surface area contributed by atoms with Gasteiger partial charge < -0.3 is 15.0 Å². The van der Waals surface area contributed by atoms with Crippen molar-refractivity contribution >= 4 is 33.5 Å². The summed E-state index contributed by atoms with van der Waals surface area (Å²) < 4.78 is 39.0. The summed E-state index contributed by atoms with van der Waals surface area (Å²) in [4.78, 5) is 26.2. The number of thiazole rings is 1. The van der Waals surface area contributed by atoms with Crippen molar-refractivity contribution in [2.24, 2.45) is 11.3 Å². The first-order valence-electron chi connectivity index (χ1n) is 11.7. The average molecular weight is 493 g/mol. The average Bonchev–Trinajstić information content (AvgIpc) is 3.39. The van der Waals surface area contributed by atoms with Crippen LogP contribution in [0.2, 0.25) is 0 Å². The van der Waals surface area contributed by atoms with Gasteiger partial charge >= 0.3 is 12.1 Å². The number of halogens is 3. The van der Waals surface area contributed by atoms with Crippen LogP contribution in [0.4, 0.5) is 18.3 Å². The lowest BCUT2D eigenvalue weighted by atomic mass is 9.72. The maximum Gasteiger partial charge on any atom is 0.416 e. The molecular formula is C24H27F3N4O2S. The number of imidazole rings is 1. The molecule has 3 heterocycles. The molecule has 3 aromatic rings. The topological polar surface area (TPSA) is 82.1 Å². The Balaban J connectivity index is 1.25. The summed E-state index contributed by atoms with van der Waals surface area (Å²) in [5.41, 5.74) is 0.454. The third-order valence-electron chi connectivity index (χ3n) is 7.50. The van der Waals surface area contributed by atoms with Crippen LogP contribution in [-0.2, 0) is 11.0 Å². The minimum atomic E-state index is -4.39. The van der Waals surface area contributed by atoms with Crippen molar-refractivity contribution < 1.29 is 23.1 Å². The third-order valence-corrected chi connectivity index (χ3v) is 8.56. The minimum absolute atomic E-state index is 0.281. The van der Waals surface area contributed by atoms with Crippen LogP contribution in [0, 0.1) is 11.3 Å². The van der Waals surface area contributed by atoms with Crippen LogP contribution in [-0.4, -0.2) is 39.1 Å². The first kappa shape index (κ1) is 23.1. The Labute approximate surface area is 199 Å². The number of H-pyrrole nitrogens is 1. The van der Waals surface area contributed by atoms with E-state index >= 15 is 0 Å². The molecule has 6 nitrogen and oxygen atoms in total. The van der Waals surface area contributed by atoms with Gasteiger partial charge in [0.15, 0.2) is 5.13 Å². The highest BCUT2D eigenvalue weighted by atomic mass is 32.1. The van der Waals surface area contributed by atoms with Crippen molar-refractivity contribution in [3.05, 3.63) is 30.0 Å². The lowest BCUT2D eigenvalue weighted by molar-refractivity contribution is -0.138. The van der Waals surface area contributed by atoms with E-state index in [1.54, 1.807) is 6.20 Å². The van der Waals surface area contributed by atoms with Gasteiger partial charge in [0, 0.05) is 19.5 Å². The van der Waals surface area contributed by atoms with Crippen LogP contribution >= 0.6 is 11.3 Å². The number of hydrogen-bond donors (Lipinski definition) is 2. The molecule has 34 heavy (non-hydrogen) atoms. The smallest absolute Gasteiger partial charge is 0.416 e. The van der Waals surface area contributed by atoms with E-state index in [0.717, 1.165) is 73.8 Å². The Bertz CT molecular complexity index is 1180. The van der Waals surface area contributed by atoms with Gasteiger partial charge in [-0.2, -0.15) is 13.2 Å². The number of aliphatic carboxylic acids is 1. The molecule has 1 saturated heterocycles. The number of carbonyl (C=O) groups is 1. The maximum absolute atomic E-state index is 13.0. The fourth-order valence-electron chi connectivity index (χ4n) is 5.49. The SMILES string of the molecule is O=C(O)CC1CCCC2(CC1)CCN(c1ncc(-c3nc4ccc(C(F)(F)F)cc4[nH]3)s1)CC2. The van der Waals surface area contributed by atoms with Gasteiger partial charge in [0.05, 0.1) is 27.7 Å². The number of fused-ring (bicyclic) bond motifs is 1. The van der Waals surface area contributed by atoms with Crippen LogP contribution in [0.5, 0.6) is 0 Å². The summed E-state index contributed by atoms with van der Waals surface area (Å²) in [5.74, 6) is 0.132. The number of anilines is 1. The highest BCUT2D eigenvalue weighted by Gasteiger charge is 2.37. The molecule has 0 bridgehead atoms. The Morgan fingerprint density at radius 2 is 2.00 bits per heavy atom. The molecule has 1 atom stereocenters. The van der Waals surface area contributed by atoms with Crippen LogP contribution < -0.4 is 4.90 Å². The van der Waals surface area contributed by atoms with Gasteiger partial charge in [0.1, 0.15) is 5.82 Å². The number of alkyl halides is 3. The summed E-state index contributed by atoms with van der Waals surface area (Å²) in [6.45, 7) is 1.82. The Hall–Kier alpha value is -2.62. The van der Waals surface area contributed by atoms with E-state index in [1.165, 1.54) is 23.8 Å². The summed E-state index contributed by atoms with van der Waals surface area (Å²) >= 11 is 1.50. The summed E-state index contributed by atoms with van der Waals surface area (Å²) in [7, 11) is 0. The number of aromatic nitrogens is 3. The van der Waals surface area contributed by atoms with E-state index < -0.39 is 17.7 Å². The number of hydrogen-bond acceptors (Lipinski definition) is 5. The number of rotatable bonds is 4. The largest absolute Gasteiger partial charge is 0.481 e. The molecule has 1 spiro atoms. The van der Waals surface area contributed by atoms with Crippen molar-refractivity contribution in [2.75, 3.05) is 18.0 Å². The zero-order valence-corrected chi connectivity index (χ0v) is 19.5. The number of nitrogens with zero attached hydrogens (tertiary/aromatic N) is 3. The highest BCUT2D eigenvalue weighted by Crippen LogP contribution is 2.46. The lowest BCUT2D eigenvalue weighted by Crippen LogP contribution is -2.40. The second-order valence-corrected chi connectivity index (χ2v) is 10.7. The van der Waals surface area contributed by atoms with Crippen LogP contribution in [0.1, 0.15) is 56.9 Å². The molecule has 0 radical (unpaired) electrons. The van der Waals surface area contributed by atoms with Gasteiger partial charge in [-0.05, 0) is 68.1 Å². The molecule has 1 unspecified atom stereocenters. The molecule has 2 aromatic heterocycles. The quantitative estimate of drug-likeness (QED) is 0.444. The van der Waals surface area contributed by atoms with Crippen molar-refractivity contribution in [1.29, 1.82) is 0 Å². The monoisotopic (exact) mass is 492 g/mol. The Morgan fingerprint density at radius 1 is 1.21 bits per heavy atom. The van der Waals surface area contributed by atoms with E-state index in [9.17, 15) is 18.0 Å². The molecule has 0 amide bonds. The Kier molecular flexibility index (Phi) is 6.03. The van der Waals surface area contributed by atoms with Crippen LogP contribution in [0.3, 0.4) is 0 Å². The molecule has 10 heteroatoms. The third kappa shape index (κ3) is 4.78.